The Bertz CT molecular complexity index is 1150. The smallest absolute Gasteiger partial charge is 0.279 e. The Morgan fingerprint density at radius 2 is 1.68 bits per heavy atom. The van der Waals surface area contributed by atoms with Crippen LogP contribution < -0.4 is 25.6 Å². The minimum atomic E-state index is -0.799. The average Bonchev–Trinajstić information content (AvgIpc) is 2.85. The van der Waals surface area contributed by atoms with Crippen LogP contribution in [0.4, 0.5) is 0 Å². The first-order valence-corrected chi connectivity index (χ1v) is 11.2. The zero-order chi connectivity index (χ0) is 24.3. The SMILES string of the molecule is CCOCCOc1ccccc1C(=O)NC(=S)NNC(=O)C(C)Oc1ccc2ccccc2c1. The van der Waals surface area contributed by atoms with Crippen LogP contribution >= 0.6 is 12.2 Å². The average molecular weight is 482 g/mol. The van der Waals surface area contributed by atoms with E-state index in [1.807, 2.05) is 43.3 Å². The summed E-state index contributed by atoms with van der Waals surface area (Å²) in [5.41, 5.74) is 5.27. The van der Waals surface area contributed by atoms with Crippen molar-refractivity contribution in [3.05, 3.63) is 72.3 Å². The zero-order valence-electron chi connectivity index (χ0n) is 19.0. The third-order valence-electron chi connectivity index (χ3n) is 4.75. The first kappa shape index (κ1) is 24.9. The Morgan fingerprint density at radius 1 is 0.941 bits per heavy atom. The number of para-hydroxylation sites is 1. The molecule has 178 valence electrons. The van der Waals surface area contributed by atoms with Gasteiger partial charge in [0.15, 0.2) is 11.2 Å². The van der Waals surface area contributed by atoms with Gasteiger partial charge in [-0.25, -0.2) is 0 Å². The number of hydrazine groups is 1. The van der Waals surface area contributed by atoms with Crippen LogP contribution in [0.2, 0.25) is 0 Å². The van der Waals surface area contributed by atoms with Crippen molar-refractivity contribution in [3.63, 3.8) is 0 Å². The van der Waals surface area contributed by atoms with Crippen LogP contribution in [-0.4, -0.2) is 42.9 Å². The van der Waals surface area contributed by atoms with E-state index in [0.717, 1.165) is 10.8 Å². The van der Waals surface area contributed by atoms with Gasteiger partial charge in [-0.3, -0.25) is 25.8 Å². The van der Waals surface area contributed by atoms with E-state index in [1.54, 1.807) is 37.3 Å². The van der Waals surface area contributed by atoms with Crippen LogP contribution in [0.5, 0.6) is 11.5 Å². The molecule has 0 saturated carbocycles. The first-order chi connectivity index (χ1) is 16.5. The highest BCUT2D eigenvalue weighted by Crippen LogP contribution is 2.21. The molecule has 34 heavy (non-hydrogen) atoms. The lowest BCUT2D eigenvalue weighted by atomic mass is 10.1. The van der Waals surface area contributed by atoms with E-state index in [0.29, 0.717) is 36.9 Å². The normalized spacial score (nSPS) is 11.4. The van der Waals surface area contributed by atoms with Gasteiger partial charge in [0.05, 0.1) is 12.2 Å². The fraction of sp³-hybridized carbons (Fsp3) is 0.240. The second kappa shape index (κ2) is 12.5. The molecule has 1 atom stereocenters. The van der Waals surface area contributed by atoms with Crippen LogP contribution in [0.3, 0.4) is 0 Å². The molecule has 8 nitrogen and oxygen atoms in total. The summed E-state index contributed by atoms with van der Waals surface area (Å²) in [6.45, 7) is 4.82. The highest BCUT2D eigenvalue weighted by molar-refractivity contribution is 7.80. The molecule has 3 aromatic carbocycles. The lowest BCUT2D eigenvalue weighted by Crippen LogP contribution is -2.51. The fourth-order valence-corrected chi connectivity index (χ4v) is 3.20. The lowest BCUT2D eigenvalue weighted by Gasteiger charge is -2.17. The molecule has 0 bridgehead atoms. The number of hydrogen-bond acceptors (Lipinski definition) is 6. The van der Waals surface area contributed by atoms with E-state index in [1.165, 1.54) is 0 Å². The molecular weight excluding hydrogens is 454 g/mol. The molecule has 0 aliphatic heterocycles. The van der Waals surface area contributed by atoms with Crippen molar-refractivity contribution in [2.75, 3.05) is 19.8 Å². The van der Waals surface area contributed by atoms with Gasteiger partial charge >= 0.3 is 0 Å². The fourth-order valence-electron chi connectivity index (χ4n) is 3.06. The van der Waals surface area contributed by atoms with Crippen molar-refractivity contribution in [1.82, 2.24) is 16.2 Å². The molecule has 3 aromatic rings. The van der Waals surface area contributed by atoms with E-state index >= 15 is 0 Å². The molecular formula is C25H27N3O5S. The summed E-state index contributed by atoms with van der Waals surface area (Å²) in [5, 5.41) is 4.54. The molecule has 0 saturated heterocycles. The predicted molar refractivity (Wildman–Crippen MR) is 134 cm³/mol. The third-order valence-corrected chi connectivity index (χ3v) is 4.95. The van der Waals surface area contributed by atoms with Crippen molar-refractivity contribution in [3.8, 4) is 11.5 Å². The van der Waals surface area contributed by atoms with Gasteiger partial charge in [0.25, 0.3) is 11.8 Å². The number of ether oxygens (including phenoxy) is 3. The minimum Gasteiger partial charge on any atom is -0.490 e. The maximum Gasteiger partial charge on any atom is 0.279 e. The van der Waals surface area contributed by atoms with Crippen LogP contribution in [0.25, 0.3) is 10.8 Å². The molecule has 2 amide bonds. The minimum absolute atomic E-state index is 0.0691. The summed E-state index contributed by atoms with van der Waals surface area (Å²) in [5.74, 6) is 0.0470. The molecule has 3 rings (SSSR count). The summed E-state index contributed by atoms with van der Waals surface area (Å²) in [6, 6.07) is 20.2. The zero-order valence-corrected chi connectivity index (χ0v) is 19.8. The van der Waals surface area contributed by atoms with Gasteiger partial charge in [-0.05, 0) is 61.1 Å². The van der Waals surface area contributed by atoms with Crippen molar-refractivity contribution in [2.45, 2.75) is 20.0 Å². The van der Waals surface area contributed by atoms with E-state index in [-0.39, 0.29) is 5.11 Å². The number of hydrogen-bond donors (Lipinski definition) is 3. The van der Waals surface area contributed by atoms with Crippen molar-refractivity contribution in [2.24, 2.45) is 0 Å². The van der Waals surface area contributed by atoms with E-state index in [9.17, 15) is 9.59 Å². The maximum atomic E-state index is 12.6. The lowest BCUT2D eigenvalue weighted by molar-refractivity contribution is -0.127. The summed E-state index contributed by atoms with van der Waals surface area (Å²) in [6.07, 6.45) is -0.799. The van der Waals surface area contributed by atoms with Gasteiger partial charge in [-0.15, -0.1) is 0 Å². The second-order valence-corrected chi connectivity index (χ2v) is 7.62. The molecule has 0 aliphatic rings. The van der Waals surface area contributed by atoms with Crippen molar-refractivity contribution < 1.29 is 23.8 Å². The van der Waals surface area contributed by atoms with Crippen LogP contribution in [0.15, 0.2) is 66.7 Å². The molecule has 0 spiro atoms. The molecule has 0 heterocycles. The van der Waals surface area contributed by atoms with Gasteiger partial charge in [-0.1, -0.05) is 42.5 Å². The monoisotopic (exact) mass is 481 g/mol. The predicted octanol–water partition coefficient (Wildman–Crippen LogP) is 3.36. The van der Waals surface area contributed by atoms with Gasteiger partial charge in [0, 0.05) is 6.61 Å². The Balaban J connectivity index is 1.48. The summed E-state index contributed by atoms with van der Waals surface area (Å²) in [4.78, 5) is 25.0. The third kappa shape index (κ3) is 7.16. The number of carbonyl (C=O) groups is 2. The number of rotatable bonds is 9. The van der Waals surface area contributed by atoms with Gasteiger partial charge < -0.3 is 14.2 Å². The highest BCUT2D eigenvalue weighted by atomic mass is 32.1. The Kier molecular flexibility index (Phi) is 9.19. The molecule has 9 heteroatoms. The van der Waals surface area contributed by atoms with Crippen molar-refractivity contribution in [1.29, 1.82) is 0 Å². The number of carbonyl (C=O) groups excluding carboxylic acids is 2. The molecule has 0 radical (unpaired) electrons. The van der Waals surface area contributed by atoms with E-state index in [4.69, 9.17) is 26.4 Å². The van der Waals surface area contributed by atoms with Crippen molar-refractivity contribution >= 4 is 39.9 Å². The Morgan fingerprint density at radius 3 is 2.47 bits per heavy atom. The van der Waals surface area contributed by atoms with Crippen LogP contribution in [0, 0.1) is 0 Å². The van der Waals surface area contributed by atoms with Gasteiger partial charge in [-0.2, -0.15) is 0 Å². The molecule has 0 fully saturated rings. The summed E-state index contributed by atoms with van der Waals surface area (Å²) in [7, 11) is 0. The topological polar surface area (TPSA) is 97.9 Å². The van der Waals surface area contributed by atoms with E-state index < -0.39 is 17.9 Å². The van der Waals surface area contributed by atoms with Crippen LogP contribution in [-0.2, 0) is 9.53 Å². The first-order valence-electron chi connectivity index (χ1n) is 10.8. The number of fused-ring (bicyclic) bond motifs is 1. The Labute approximate surface area is 203 Å². The largest absolute Gasteiger partial charge is 0.490 e. The second-order valence-electron chi connectivity index (χ2n) is 7.21. The van der Waals surface area contributed by atoms with E-state index in [2.05, 4.69) is 16.2 Å². The Hall–Kier alpha value is -3.69. The number of amides is 2. The number of nitrogens with one attached hydrogen (secondary N) is 3. The number of thiocarbonyl (C=S) groups is 1. The number of benzene rings is 3. The maximum absolute atomic E-state index is 12.6. The molecule has 0 aromatic heterocycles. The summed E-state index contributed by atoms with van der Waals surface area (Å²) < 4.78 is 16.6. The molecule has 0 aliphatic carbocycles. The highest BCUT2D eigenvalue weighted by Gasteiger charge is 2.17. The quantitative estimate of drug-likeness (QED) is 0.245. The standard InChI is InChI=1S/C25H27N3O5S/c1-3-31-14-15-32-22-11-7-6-10-21(22)24(30)26-25(34)28-27-23(29)17(2)33-20-13-12-18-8-4-5-9-19(18)16-20/h4-13,16-17H,3,14-15H2,1-2H3,(H,27,29)(H2,26,28,30,34). The molecule has 3 N–H and O–H groups in total. The van der Waals surface area contributed by atoms with Gasteiger partial charge in [0.2, 0.25) is 0 Å². The van der Waals surface area contributed by atoms with Gasteiger partial charge in [0.1, 0.15) is 18.1 Å². The molecule has 1 unspecified atom stereocenters. The van der Waals surface area contributed by atoms with Crippen LogP contribution in [0.1, 0.15) is 24.2 Å². The summed E-state index contributed by atoms with van der Waals surface area (Å²) >= 11 is 5.12.